The number of nitrogens with one attached hydrogen (secondary N) is 2. The van der Waals surface area contributed by atoms with Gasteiger partial charge in [0.05, 0.1) is 0 Å². The molecule has 1 saturated carbocycles. The van der Waals surface area contributed by atoms with Gasteiger partial charge in [0.2, 0.25) is 17.7 Å². The minimum Gasteiger partial charge on any atom is -0.444 e. The average Bonchev–Trinajstić information content (AvgIpc) is 2.91. The summed E-state index contributed by atoms with van der Waals surface area (Å²) in [6.07, 6.45) is 9.09. The number of hydrogen-bond donors (Lipinski definition) is 3. The normalized spacial score (nSPS) is 15.4. The fraction of sp³-hybridized carbons (Fsp3) is 0.697. The Balaban J connectivity index is 2.50. The van der Waals surface area contributed by atoms with Crippen LogP contribution in [0, 0.1) is 13.8 Å². The summed E-state index contributed by atoms with van der Waals surface area (Å²) in [6, 6.07) is 3.94. The van der Waals surface area contributed by atoms with Gasteiger partial charge in [0.15, 0.2) is 0 Å². The second-order valence-corrected chi connectivity index (χ2v) is 12.7. The Morgan fingerprint density at radius 2 is 1.67 bits per heavy atom. The molecule has 1 fully saturated rings. The lowest BCUT2D eigenvalue weighted by molar-refractivity contribution is -0.143. The van der Waals surface area contributed by atoms with Crippen molar-refractivity contribution in [2.24, 2.45) is 5.73 Å². The summed E-state index contributed by atoms with van der Waals surface area (Å²) in [6.45, 7) is 11.7. The number of amides is 4. The minimum absolute atomic E-state index is 0.00361. The zero-order valence-electron chi connectivity index (χ0n) is 26.7. The van der Waals surface area contributed by atoms with Crippen LogP contribution in [0.4, 0.5) is 4.79 Å². The molecule has 1 aromatic carbocycles. The molecule has 2 rings (SSSR count). The van der Waals surface area contributed by atoms with E-state index in [1.54, 1.807) is 25.7 Å². The van der Waals surface area contributed by atoms with Crippen molar-refractivity contribution in [1.29, 1.82) is 0 Å². The Bertz CT molecular complexity index is 1050. The van der Waals surface area contributed by atoms with E-state index in [4.69, 9.17) is 10.5 Å². The molecule has 0 aromatic heterocycles. The van der Waals surface area contributed by atoms with Gasteiger partial charge in [-0.15, -0.1) is 0 Å². The van der Waals surface area contributed by atoms with E-state index in [1.807, 2.05) is 32.0 Å². The fourth-order valence-electron chi connectivity index (χ4n) is 5.38. The third kappa shape index (κ3) is 12.0. The molecule has 4 amide bonds. The van der Waals surface area contributed by atoms with Crippen LogP contribution in [0.1, 0.15) is 127 Å². The molecule has 0 radical (unpaired) electrons. The van der Waals surface area contributed by atoms with Crippen LogP contribution in [0.3, 0.4) is 0 Å². The number of ether oxygens (including phenoxy) is 1. The fourth-order valence-corrected chi connectivity index (χ4v) is 5.38. The summed E-state index contributed by atoms with van der Waals surface area (Å²) in [4.78, 5) is 54.6. The van der Waals surface area contributed by atoms with Crippen molar-refractivity contribution in [1.82, 2.24) is 15.5 Å². The lowest BCUT2D eigenvalue weighted by Gasteiger charge is -2.36. The molecule has 0 heterocycles. The van der Waals surface area contributed by atoms with Gasteiger partial charge in [0.25, 0.3) is 0 Å². The highest BCUT2D eigenvalue weighted by molar-refractivity contribution is 5.92. The SMILES string of the molecule is CCCCCCCN(C(=O)C(CCC(N)=O)NC(=O)OC(C)(C)C)C(C(=O)NC1CCCCC1)c1ccc(C)c(C)c1. The molecule has 2 unspecified atom stereocenters. The Labute approximate surface area is 252 Å². The van der Waals surface area contributed by atoms with Gasteiger partial charge < -0.3 is 26.0 Å². The predicted molar refractivity (Wildman–Crippen MR) is 166 cm³/mol. The van der Waals surface area contributed by atoms with Gasteiger partial charge in [-0.05, 0) is 77.0 Å². The van der Waals surface area contributed by atoms with Gasteiger partial charge in [-0.3, -0.25) is 14.4 Å². The maximum absolute atomic E-state index is 14.4. The highest BCUT2D eigenvalue weighted by Crippen LogP contribution is 2.27. The first-order chi connectivity index (χ1) is 19.8. The molecule has 2 atom stereocenters. The molecular formula is C33H54N4O5. The first-order valence-corrected chi connectivity index (χ1v) is 15.8. The van der Waals surface area contributed by atoms with Crippen LogP contribution in [0.5, 0.6) is 0 Å². The molecule has 42 heavy (non-hydrogen) atoms. The van der Waals surface area contributed by atoms with E-state index in [9.17, 15) is 19.2 Å². The van der Waals surface area contributed by atoms with E-state index >= 15 is 0 Å². The van der Waals surface area contributed by atoms with Crippen molar-refractivity contribution < 1.29 is 23.9 Å². The second-order valence-electron chi connectivity index (χ2n) is 12.7. The van der Waals surface area contributed by atoms with Gasteiger partial charge in [-0.1, -0.05) is 70.1 Å². The summed E-state index contributed by atoms with van der Waals surface area (Å²) in [5.74, 6) is -1.23. The second kappa shape index (κ2) is 17.1. The number of hydrogen-bond acceptors (Lipinski definition) is 5. The maximum Gasteiger partial charge on any atom is 0.408 e. The molecule has 0 spiro atoms. The Kier molecular flexibility index (Phi) is 14.3. The monoisotopic (exact) mass is 586 g/mol. The van der Waals surface area contributed by atoms with Gasteiger partial charge >= 0.3 is 6.09 Å². The Morgan fingerprint density at radius 3 is 2.26 bits per heavy atom. The van der Waals surface area contributed by atoms with Crippen molar-refractivity contribution in [3.8, 4) is 0 Å². The van der Waals surface area contributed by atoms with Gasteiger partial charge in [0.1, 0.15) is 17.7 Å². The van der Waals surface area contributed by atoms with Crippen LogP contribution in [-0.4, -0.2) is 52.9 Å². The Hall–Kier alpha value is -3.10. The molecule has 1 aromatic rings. The maximum atomic E-state index is 14.4. The summed E-state index contributed by atoms with van der Waals surface area (Å²) in [5.41, 5.74) is 7.50. The van der Waals surface area contributed by atoms with Crippen LogP contribution in [0.2, 0.25) is 0 Å². The highest BCUT2D eigenvalue weighted by atomic mass is 16.6. The number of alkyl carbamates (subject to hydrolysis) is 1. The zero-order valence-corrected chi connectivity index (χ0v) is 26.7. The molecule has 236 valence electrons. The standard InChI is InChI=1S/C33H54N4O5/c1-7-8-9-10-14-21-37(31(40)27(19-20-28(34)38)36-32(41)42-33(4,5)6)29(25-18-17-23(2)24(3)22-25)30(39)35-26-15-12-11-13-16-26/h17-18,22,26-27,29H,7-16,19-21H2,1-6H3,(H2,34,38)(H,35,39)(H,36,41). The molecular weight excluding hydrogens is 532 g/mol. The van der Waals surface area contributed by atoms with E-state index in [1.165, 1.54) is 0 Å². The van der Waals surface area contributed by atoms with E-state index in [0.717, 1.165) is 74.5 Å². The average molecular weight is 587 g/mol. The van der Waals surface area contributed by atoms with Crippen molar-refractivity contribution in [3.05, 3.63) is 34.9 Å². The first kappa shape index (κ1) is 35.1. The van der Waals surface area contributed by atoms with Crippen LogP contribution in [0.15, 0.2) is 18.2 Å². The summed E-state index contributed by atoms with van der Waals surface area (Å²) < 4.78 is 5.44. The molecule has 1 aliphatic carbocycles. The quantitative estimate of drug-likeness (QED) is 0.225. The largest absolute Gasteiger partial charge is 0.444 e. The van der Waals surface area contributed by atoms with E-state index in [2.05, 4.69) is 17.6 Å². The molecule has 9 heteroatoms. The van der Waals surface area contributed by atoms with Crippen molar-refractivity contribution in [3.63, 3.8) is 0 Å². The smallest absolute Gasteiger partial charge is 0.408 e. The summed E-state index contributed by atoms with van der Waals surface area (Å²) in [7, 11) is 0. The molecule has 4 N–H and O–H groups in total. The van der Waals surface area contributed by atoms with E-state index in [0.29, 0.717) is 13.0 Å². The zero-order chi connectivity index (χ0) is 31.3. The molecule has 0 saturated heterocycles. The lowest BCUT2D eigenvalue weighted by Crippen LogP contribution is -2.54. The van der Waals surface area contributed by atoms with Crippen molar-refractivity contribution >= 4 is 23.8 Å². The topological polar surface area (TPSA) is 131 Å². The minimum atomic E-state index is -1.08. The summed E-state index contributed by atoms with van der Waals surface area (Å²) >= 11 is 0. The molecule has 0 aliphatic heterocycles. The number of nitrogens with two attached hydrogens (primary N) is 1. The predicted octanol–water partition coefficient (Wildman–Crippen LogP) is 5.75. The third-order valence-corrected chi connectivity index (χ3v) is 7.81. The van der Waals surface area contributed by atoms with Gasteiger partial charge in [0, 0.05) is 19.0 Å². The van der Waals surface area contributed by atoms with Crippen LogP contribution in [-0.2, 0) is 19.1 Å². The number of carbonyl (C=O) groups excluding carboxylic acids is 4. The van der Waals surface area contributed by atoms with Crippen molar-refractivity contribution in [2.75, 3.05) is 6.54 Å². The number of aryl methyl sites for hydroxylation is 2. The van der Waals surface area contributed by atoms with Gasteiger partial charge in [-0.2, -0.15) is 0 Å². The van der Waals surface area contributed by atoms with Gasteiger partial charge in [-0.25, -0.2) is 4.79 Å². The van der Waals surface area contributed by atoms with E-state index < -0.39 is 35.6 Å². The first-order valence-electron chi connectivity index (χ1n) is 15.8. The number of carbonyl (C=O) groups is 4. The number of unbranched alkanes of at least 4 members (excludes halogenated alkanes) is 4. The number of primary amides is 1. The molecule has 1 aliphatic rings. The van der Waals surface area contributed by atoms with Crippen LogP contribution < -0.4 is 16.4 Å². The van der Waals surface area contributed by atoms with Crippen LogP contribution in [0.25, 0.3) is 0 Å². The summed E-state index contributed by atoms with van der Waals surface area (Å²) in [5, 5.41) is 5.91. The van der Waals surface area contributed by atoms with Crippen LogP contribution >= 0.6 is 0 Å². The number of rotatable bonds is 15. The Morgan fingerprint density at radius 1 is 1.00 bits per heavy atom. The lowest BCUT2D eigenvalue weighted by atomic mass is 9.93. The third-order valence-electron chi connectivity index (χ3n) is 7.81. The molecule has 0 bridgehead atoms. The van der Waals surface area contributed by atoms with E-state index in [-0.39, 0.29) is 24.8 Å². The number of benzene rings is 1. The number of nitrogens with zero attached hydrogens (tertiary/aromatic N) is 1. The highest BCUT2D eigenvalue weighted by Gasteiger charge is 2.37. The van der Waals surface area contributed by atoms with Crippen molar-refractivity contribution in [2.45, 2.75) is 142 Å². The molecule has 9 nitrogen and oxygen atoms in total.